The predicted molar refractivity (Wildman–Crippen MR) is 460 cm³/mol. The number of ketones is 2. The fourth-order valence-electron chi connectivity index (χ4n) is 8.15. The number of aliphatic hydroxyl groups is 2. The quantitative estimate of drug-likeness (QED) is 0.00895. The average Bonchev–Trinajstić information content (AvgIpc) is 0.876. The number of carbonyl (C=O) groups excluding carboxylic acids is 12. The lowest BCUT2D eigenvalue weighted by molar-refractivity contribution is 0.0318. The van der Waals surface area contributed by atoms with Crippen LogP contribution in [0.1, 0.15) is 211 Å². The number of methoxy groups -OCH3 is 2. The van der Waals surface area contributed by atoms with E-state index >= 15 is 0 Å². The van der Waals surface area contributed by atoms with Crippen LogP contribution in [0.15, 0.2) is 146 Å². The van der Waals surface area contributed by atoms with Crippen molar-refractivity contribution in [2.24, 2.45) is 0 Å². The van der Waals surface area contributed by atoms with Crippen LogP contribution in [0.4, 0.5) is 0 Å². The number of esters is 8. The highest BCUT2D eigenvalue weighted by atomic mass is 35.7. The molecule has 0 radical (unpaired) electrons. The molecule has 0 fully saturated rings. The molecule has 40 heteroatoms. The molecular weight excluding hydrogens is 1730 g/mol. The zero-order valence-corrected chi connectivity index (χ0v) is 67.4. The van der Waals surface area contributed by atoms with Gasteiger partial charge in [0.1, 0.15) is 59.0 Å². The van der Waals surface area contributed by atoms with Crippen LogP contribution in [0.2, 0.25) is 0 Å². The van der Waals surface area contributed by atoms with Crippen molar-refractivity contribution in [2.45, 2.75) is 87.1 Å². The molecule has 0 aliphatic rings. The standard InChI is InChI=1S/C27H33O14P.C26H31O12P.C13H16ClO6P.C8H4Cl2O2.8CH4/c1-3-39-42(33,40-18-16-37-26(31)22-6-4-20(5-7-22)24(29)35-13-12-28)41-19-17-38-27(32)23-10-8-21(9-11-23)25(30)36-15-14-34-2;1-4-36-39(31,37-17-15-34-25(29)21-7-5-20(6-8-21)19(2)27)38-18-16-35-26(30)23-11-9-22(10-12-23)24(28)33-14-13-32-3;1-2-20-21(14,18)9-12(16)10-3-5-11(6-4-10)13(17)19-8-7-15;9-7(11)5-1-2-6(4-3-5)8(10)12;;;;;;;;/h4-11,28H,3,12-19H2,1-2H3;5-12H,4,13-18H2,1-3H3;3-6,15H,2,7-9H2,1H3;1-4H;8*1H4. The molecule has 2 N–H and O–H groups in total. The molecule has 122 heavy (non-hydrogen) atoms. The van der Waals surface area contributed by atoms with Crippen LogP contribution < -0.4 is 0 Å². The normalized spacial score (nSPS) is 11.4. The van der Waals surface area contributed by atoms with E-state index in [1.165, 1.54) is 167 Å². The molecule has 0 spiro atoms. The summed E-state index contributed by atoms with van der Waals surface area (Å²) in [6.45, 7) is 0.554. The molecular formula is C82H116Cl3O34P3. The molecule has 34 nitrogen and oxygen atoms in total. The highest BCUT2D eigenvalue weighted by Gasteiger charge is 2.29. The summed E-state index contributed by atoms with van der Waals surface area (Å²) < 4.78 is 122. The summed E-state index contributed by atoms with van der Waals surface area (Å²) in [5, 5.41) is 16.2. The van der Waals surface area contributed by atoms with E-state index in [-0.39, 0.29) is 241 Å². The Morgan fingerprint density at radius 3 is 0.656 bits per heavy atom. The topological polar surface area (TPSA) is 453 Å². The van der Waals surface area contributed by atoms with E-state index in [1.807, 2.05) is 0 Å². The van der Waals surface area contributed by atoms with Crippen LogP contribution >= 0.6 is 56.8 Å². The second-order valence-corrected chi connectivity index (χ2v) is 29.1. The third kappa shape index (κ3) is 48.7. The summed E-state index contributed by atoms with van der Waals surface area (Å²) >= 11 is 16.0. The van der Waals surface area contributed by atoms with Gasteiger partial charge in [0, 0.05) is 36.5 Å². The summed E-state index contributed by atoms with van der Waals surface area (Å²) in [5.41, 5.74) is 3.13. The first-order valence-corrected chi connectivity index (χ1v) is 40.4. The van der Waals surface area contributed by atoms with Gasteiger partial charge in [0.25, 0.3) is 17.2 Å². The Bertz CT molecular complexity index is 4190. The lowest BCUT2D eigenvalue weighted by atomic mass is 10.1. The van der Waals surface area contributed by atoms with Gasteiger partial charge < -0.3 is 62.1 Å². The SMILES string of the molecule is C.C.C.C.C.C.C.C.CCOP(=O)(Cl)CC(=O)c1ccc(C(=O)OCCO)cc1.CCOP(=O)(OCCOC(=O)c1ccc(C(=O)OCCO)cc1)OCCOC(=O)c1ccc(C(=O)OCCOC)cc1.CCOP(=O)(OCCOC(=O)c1ccc(C(C)=O)cc1)OCCOC(=O)c1ccc(C(=O)OCCOC)cc1.O=C(Cl)c1ccc(C(=O)Cl)cc1. The Labute approximate surface area is 728 Å². The van der Waals surface area contributed by atoms with Crippen LogP contribution in [0.3, 0.4) is 0 Å². The van der Waals surface area contributed by atoms with Gasteiger partial charge in [0.2, 0.25) is 0 Å². The summed E-state index contributed by atoms with van der Waals surface area (Å²) in [6.07, 6.45) is -0.406. The van der Waals surface area contributed by atoms with Crippen LogP contribution in [-0.2, 0) is 92.7 Å². The molecule has 6 aromatic rings. The maximum Gasteiger partial charge on any atom is 0.475 e. The summed E-state index contributed by atoms with van der Waals surface area (Å²) in [6, 6.07) is 34.1. The number of phosphoric ester groups is 2. The molecule has 0 aliphatic heterocycles. The fourth-order valence-corrected chi connectivity index (χ4v) is 12.3. The Balaban J connectivity index is -0.000000388. The summed E-state index contributed by atoms with van der Waals surface area (Å²) in [4.78, 5) is 140. The molecule has 0 amide bonds. The maximum absolute atomic E-state index is 12.8. The lowest BCUT2D eigenvalue weighted by Crippen LogP contribution is -2.14. The lowest BCUT2D eigenvalue weighted by Gasteiger charge is -2.17. The van der Waals surface area contributed by atoms with Gasteiger partial charge in [-0.15, -0.1) is 0 Å². The molecule has 684 valence electrons. The van der Waals surface area contributed by atoms with Crippen molar-refractivity contribution in [3.05, 3.63) is 212 Å². The molecule has 0 bridgehead atoms. The number of halogens is 3. The largest absolute Gasteiger partial charge is 0.475 e. The zero-order chi connectivity index (χ0) is 84.5. The smallest absolute Gasteiger partial charge is 0.460 e. The Morgan fingerprint density at radius 1 is 0.279 bits per heavy atom. The molecule has 0 heterocycles. The fraction of sp³-hybridized carbons (Fsp3) is 0.415. The van der Waals surface area contributed by atoms with Crippen LogP contribution in [0, 0.1) is 0 Å². The van der Waals surface area contributed by atoms with Crippen molar-refractivity contribution in [1.82, 2.24) is 0 Å². The first-order chi connectivity index (χ1) is 54.4. The minimum Gasteiger partial charge on any atom is -0.460 e. The Hall–Kier alpha value is -9.12. The van der Waals surface area contributed by atoms with Crippen LogP contribution in [0.25, 0.3) is 0 Å². The van der Waals surface area contributed by atoms with Gasteiger partial charge in [-0.2, -0.15) is 0 Å². The van der Waals surface area contributed by atoms with Gasteiger partial charge in [-0.1, -0.05) is 83.7 Å². The van der Waals surface area contributed by atoms with Gasteiger partial charge in [0.15, 0.2) is 11.6 Å². The number of rotatable bonds is 46. The number of carbonyl (C=O) groups is 12. The predicted octanol–water partition coefficient (Wildman–Crippen LogP) is 16.7. The van der Waals surface area contributed by atoms with E-state index in [0.717, 1.165) is 0 Å². The molecule has 3 atom stereocenters. The minimum atomic E-state index is -4.05. The van der Waals surface area contributed by atoms with Crippen molar-refractivity contribution in [3.63, 3.8) is 0 Å². The molecule has 3 unspecified atom stereocenters. The van der Waals surface area contributed by atoms with Crippen LogP contribution in [0.5, 0.6) is 0 Å². The number of benzene rings is 6. The Morgan fingerprint density at radius 2 is 0.467 bits per heavy atom. The Kier molecular flexibility index (Phi) is 69.3. The number of Topliss-reactive ketones (excluding diaryl/α,β-unsaturated/α-hetero) is 2. The van der Waals surface area contributed by atoms with E-state index in [9.17, 15) is 71.2 Å². The molecule has 0 saturated carbocycles. The van der Waals surface area contributed by atoms with E-state index in [0.29, 0.717) is 16.7 Å². The third-order valence-corrected chi connectivity index (χ3v) is 19.1. The second-order valence-electron chi connectivity index (χ2n) is 21.7. The van der Waals surface area contributed by atoms with Gasteiger partial charge in [-0.25, -0.2) is 47.5 Å². The molecule has 0 aliphatic carbocycles. The summed E-state index contributed by atoms with van der Waals surface area (Å²) in [7, 11) is -5.09. The van der Waals surface area contributed by atoms with Crippen molar-refractivity contribution < 1.29 is 160 Å². The second kappa shape index (κ2) is 68.3. The summed E-state index contributed by atoms with van der Waals surface area (Å²) in [5.74, 6) is -5.67. The first-order valence-electron chi connectivity index (χ1n) is 34.0. The average molecular weight is 1850 g/mol. The van der Waals surface area contributed by atoms with E-state index in [1.54, 1.807) is 20.8 Å². The number of aliphatic hydroxyl groups excluding tert-OH is 2. The number of phosphoric acid groups is 2. The number of hydrogen-bond donors (Lipinski definition) is 2. The highest BCUT2D eigenvalue weighted by Crippen LogP contribution is 2.53. The van der Waals surface area contributed by atoms with Gasteiger partial charge >= 0.3 is 63.4 Å². The van der Waals surface area contributed by atoms with Crippen molar-refractivity contribution in [3.8, 4) is 0 Å². The number of hydrogen-bond acceptors (Lipinski definition) is 34. The molecule has 6 aromatic carbocycles. The van der Waals surface area contributed by atoms with Crippen LogP contribution in [-0.4, -0.2) is 226 Å². The van der Waals surface area contributed by atoms with Gasteiger partial charge in [-0.3, -0.25) is 50.9 Å². The zero-order valence-electron chi connectivity index (χ0n) is 62.4. The minimum absolute atomic E-state index is 0. The van der Waals surface area contributed by atoms with Gasteiger partial charge in [0.05, 0.1) is 117 Å². The third-order valence-electron chi connectivity index (χ3n) is 13.6. The molecule has 6 rings (SSSR count). The van der Waals surface area contributed by atoms with E-state index in [2.05, 4.69) is 0 Å². The molecule has 0 aromatic heterocycles. The van der Waals surface area contributed by atoms with Crippen molar-refractivity contribution in [2.75, 3.05) is 146 Å². The first kappa shape index (κ1) is 124. The van der Waals surface area contributed by atoms with Crippen molar-refractivity contribution in [1.29, 1.82) is 0 Å². The monoisotopic (exact) mass is 1840 g/mol. The maximum atomic E-state index is 12.8. The highest BCUT2D eigenvalue weighted by molar-refractivity contribution is 7.86. The molecule has 0 saturated heterocycles. The van der Waals surface area contributed by atoms with E-state index < -0.39 is 92.6 Å². The van der Waals surface area contributed by atoms with Gasteiger partial charge in [-0.05, 0) is 183 Å². The number of ether oxygens (including phenoxy) is 10. The van der Waals surface area contributed by atoms with Crippen molar-refractivity contribution >= 4 is 127 Å². The van der Waals surface area contributed by atoms with E-state index in [4.69, 9.17) is 124 Å².